The number of nitrogens with zero attached hydrogens (tertiary/aromatic N) is 2. The first-order valence-electron chi connectivity index (χ1n) is 26.3. The molecule has 2 bridgehead atoms. The Morgan fingerprint density at radius 3 is 1.52 bits per heavy atom. The Bertz CT molecular complexity index is 1670. The summed E-state index contributed by atoms with van der Waals surface area (Å²) in [6.45, 7) is 0.286. The van der Waals surface area contributed by atoms with Crippen molar-refractivity contribution in [3.63, 3.8) is 0 Å². The second kappa shape index (κ2) is 17.6. The summed E-state index contributed by atoms with van der Waals surface area (Å²) in [5, 5.41) is 11.8. The number of rotatable bonds is 11. The van der Waals surface area contributed by atoms with E-state index in [0.717, 1.165) is 0 Å². The Kier molecular flexibility index (Phi) is 12.3. The number of benzene rings is 1. The molecule has 1 radical (unpaired) electrons. The Morgan fingerprint density at radius 1 is 0.623 bits per heavy atom. The molecule has 0 aromatic heterocycles. The number of amides is 1. The molecule has 337 valence electrons. The largest absolute Gasteiger partial charge is 0.494 e. The molecule has 2 saturated heterocycles. The van der Waals surface area contributed by atoms with Gasteiger partial charge < -0.3 is 19.3 Å². The zero-order chi connectivity index (χ0) is 41.7. The third-order valence-electron chi connectivity index (χ3n) is 19.7. The second-order valence-corrected chi connectivity index (χ2v) is 22.1. The minimum Gasteiger partial charge on any atom is -0.494 e. The Morgan fingerprint density at radius 2 is 1.05 bits per heavy atom. The van der Waals surface area contributed by atoms with Gasteiger partial charge in [0.2, 0.25) is 0 Å². The first-order chi connectivity index (χ1) is 30.0. The average Bonchev–Trinajstić information content (AvgIpc) is 3.94. The predicted molar refractivity (Wildman–Crippen MR) is 243 cm³/mol. The third kappa shape index (κ3) is 6.46. The summed E-state index contributed by atoms with van der Waals surface area (Å²) in [6.07, 6.45) is 44.0. The monoisotopic (exact) mass is 838 g/mol. The topological polar surface area (TPSA) is 71.5 Å². The first kappa shape index (κ1) is 42.7. The van der Waals surface area contributed by atoms with Gasteiger partial charge in [0.15, 0.2) is 0 Å². The second-order valence-electron chi connectivity index (χ2n) is 22.1. The van der Waals surface area contributed by atoms with Crippen LogP contribution in [0.4, 0.5) is 10.5 Å². The number of methoxy groups -OCH3 is 2. The summed E-state index contributed by atoms with van der Waals surface area (Å²) in [7, 11) is 3.31. The molecule has 6 unspecified atom stereocenters. The summed E-state index contributed by atoms with van der Waals surface area (Å²) < 4.78 is 20.9. The minimum atomic E-state index is -0.946. The van der Waals surface area contributed by atoms with Gasteiger partial charge >= 0.3 is 6.09 Å². The third-order valence-corrected chi connectivity index (χ3v) is 19.7. The predicted octanol–water partition coefficient (Wildman–Crippen LogP) is 13.3. The molecule has 1 N–H and O–H groups in total. The van der Waals surface area contributed by atoms with Crippen LogP contribution in [0.25, 0.3) is 0 Å². The maximum atomic E-state index is 14.4. The highest BCUT2D eigenvalue weighted by molar-refractivity contribution is 5.91. The van der Waals surface area contributed by atoms with Crippen LogP contribution in [0.15, 0.2) is 24.3 Å². The molecule has 0 spiro atoms. The Hall–Kier alpha value is -2.25. The van der Waals surface area contributed by atoms with Crippen LogP contribution in [-0.2, 0) is 4.74 Å². The van der Waals surface area contributed by atoms with Gasteiger partial charge in [0.05, 0.1) is 26.4 Å². The van der Waals surface area contributed by atoms with Crippen molar-refractivity contribution < 1.29 is 24.1 Å². The van der Waals surface area contributed by atoms with Crippen LogP contribution in [0.3, 0.4) is 0 Å². The maximum absolute atomic E-state index is 14.4. The minimum absolute atomic E-state index is 0.0798. The van der Waals surface area contributed by atoms with E-state index in [2.05, 4.69) is 23.1 Å². The molecule has 6 saturated carbocycles. The molecule has 3 aliphatic heterocycles. The van der Waals surface area contributed by atoms with Crippen molar-refractivity contribution in [2.24, 2.45) is 40.4 Å². The molecule has 1 aromatic carbocycles. The number of carbonyl (C=O) groups is 1. The van der Waals surface area contributed by atoms with Crippen LogP contribution in [0, 0.1) is 46.5 Å². The van der Waals surface area contributed by atoms with E-state index in [0.29, 0.717) is 64.9 Å². The SMILES string of the molecule is COc1c[c]cc(OC)c1N(CC12C=CC(C3CCCCC3)(O1)C1(C3CCCCC3)C(C3CCCCC3)N(C3CCCCC3)C(C3CCCCC3)C21C1CCCCC1)C(=O)O. The Labute approximate surface area is 369 Å². The molecule has 9 aliphatic rings. The van der Waals surface area contributed by atoms with Gasteiger partial charge in [-0.1, -0.05) is 128 Å². The summed E-state index contributed by atoms with van der Waals surface area (Å²) in [5.74, 6) is 3.82. The number of ether oxygens (including phenoxy) is 3. The zero-order valence-electron chi connectivity index (χ0n) is 38.3. The van der Waals surface area contributed by atoms with E-state index >= 15 is 0 Å². The fourth-order valence-electron chi connectivity index (χ4n) is 18.1. The quantitative estimate of drug-likeness (QED) is 0.224. The van der Waals surface area contributed by atoms with Crippen LogP contribution in [0.1, 0.15) is 193 Å². The molecule has 6 aliphatic carbocycles. The van der Waals surface area contributed by atoms with Gasteiger partial charge in [0, 0.05) is 29.0 Å². The molecular formula is C54H81N2O5. The summed E-state index contributed by atoms with van der Waals surface area (Å²) in [6, 6.07) is 8.28. The van der Waals surface area contributed by atoms with Gasteiger partial charge in [-0.05, 0) is 125 Å². The lowest BCUT2D eigenvalue weighted by Gasteiger charge is -2.65. The highest BCUT2D eigenvalue weighted by Gasteiger charge is 2.91. The van der Waals surface area contributed by atoms with E-state index in [1.807, 2.05) is 0 Å². The van der Waals surface area contributed by atoms with Crippen molar-refractivity contribution in [2.45, 2.75) is 222 Å². The standard InChI is InChI=1S/C54H81N2O5/c1-59-45-34-21-35-46(60-2)47(45)55(50(57)58)38-51-36-37-52(61-51,41-26-13-5-14-27-41)54(43-30-17-7-18-31-43)49(40-24-11-4-12-25-40)56(44-32-19-8-20-33-44)48(39-22-9-3-10-23-39)53(51,54)42-28-15-6-16-29-42/h34-37,39-44,48-49H,3-20,22-33,38H2,1-2H3,(H,57,58). The normalized spacial score (nSPS) is 37.5. The van der Waals surface area contributed by atoms with Crippen molar-refractivity contribution in [1.29, 1.82) is 0 Å². The highest BCUT2D eigenvalue weighted by Crippen LogP contribution is 2.85. The molecule has 10 rings (SSSR count). The lowest BCUT2D eigenvalue weighted by Crippen LogP contribution is -2.71. The summed E-state index contributed by atoms with van der Waals surface area (Å²) in [4.78, 5) is 19.5. The van der Waals surface area contributed by atoms with E-state index in [4.69, 9.17) is 14.2 Å². The van der Waals surface area contributed by atoms with Crippen LogP contribution >= 0.6 is 0 Å². The number of fused-ring (bicyclic) bond motifs is 5. The van der Waals surface area contributed by atoms with Crippen molar-refractivity contribution in [2.75, 3.05) is 25.7 Å². The Balaban J connectivity index is 1.32. The fourth-order valence-corrected chi connectivity index (χ4v) is 18.1. The smallest absolute Gasteiger partial charge is 0.412 e. The molecule has 3 heterocycles. The van der Waals surface area contributed by atoms with Gasteiger partial charge in [-0.2, -0.15) is 0 Å². The number of hydrogen-bond acceptors (Lipinski definition) is 5. The lowest BCUT2D eigenvalue weighted by molar-refractivity contribution is -0.160. The van der Waals surface area contributed by atoms with E-state index in [9.17, 15) is 9.90 Å². The van der Waals surface area contributed by atoms with Crippen molar-refractivity contribution in [3.05, 3.63) is 30.4 Å². The van der Waals surface area contributed by atoms with Crippen molar-refractivity contribution >= 4 is 11.8 Å². The number of anilines is 1. The van der Waals surface area contributed by atoms with Gasteiger partial charge in [-0.15, -0.1) is 0 Å². The molecule has 6 atom stereocenters. The van der Waals surface area contributed by atoms with Crippen molar-refractivity contribution in [3.8, 4) is 11.5 Å². The highest BCUT2D eigenvalue weighted by atomic mass is 16.5. The fraction of sp³-hybridized carbons (Fsp3) is 0.833. The number of carboxylic acid groups (broad SMARTS) is 1. The van der Waals surface area contributed by atoms with E-state index in [1.54, 1.807) is 31.3 Å². The van der Waals surface area contributed by atoms with Crippen LogP contribution < -0.4 is 14.4 Å². The van der Waals surface area contributed by atoms with Crippen molar-refractivity contribution in [1.82, 2.24) is 4.90 Å². The maximum Gasteiger partial charge on any atom is 0.412 e. The summed E-state index contributed by atoms with van der Waals surface area (Å²) in [5.41, 5.74) is -0.980. The van der Waals surface area contributed by atoms with E-state index in [1.165, 1.54) is 193 Å². The lowest BCUT2D eigenvalue weighted by atomic mass is 9.35. The van der Waals surface area contributed by atoms with Crippen LogP contribution in [-0.4, -0.2) is 66.2 Å². The van der Waals surface area contributed by atoms with E-state index in [-0.39, 0.29) is 17.4 Å². The van der Waals surface area contributed by atoms with Crippen LogP contribution in [0.2, 0.25) is 0 Å². The average molecular weight is 838 g/mol. The van der Waals surface area contributed by atoms with E-state index < -0.39 is 17.3 Å². The first-order valence-corrected chi connectivity index (χ1v) is 26.3. The molecule has 1 amide bonds. The molecular weight excluding hydrogens is 757 g/mol. The number of hydrogen-bond donors (Lipinski definition) is 1. The van der Waals surface area contributed by atoms with Gasteiger partial charge in [0.25, 0.3) is 0 Å². The molecule has 61 heavy (non-hydrogen) atoms. The molecule has 7 heteroatoms. The van der Waals surface area contributed by atoms with Gasteiger partial charge in [-0.3, -0.25) is 9.80 Å². The van der Waals surface area contributed by atoms with Gasteiger partial charge in [0.1, 0.15) is 22.8 Å². The number of likely N-dealkylation sites (tertiary alicyclic amines) is 1. The van der Waals surface area contributed by atoms with Crippen LogP contribution in [0.5, 0.6) is 11.5 Å². The molecule has 1 aromatic rings. The molecule has 8 fully saturated rings. The zero-order valence-corrected chi connectivity index (χ0v) is 38.3. The summed E-state index contributed by atoms with van der Waals surface area (Å²) >= 11 is 0. The van der Waals surface area contributed by atoms with Gasteiger partial charge in [-0.25, -0.2) is 4.79 Å². The molecule has 7 nitrogen and oxygen atoms in total.